The summed E-state index contributed by atoms with van der Waals surface area (Å²) in [6.07, 6.45) is 2.28. The van der Waals surface area contributed by atoms with Crippen molar-refractivity contribution in [2.75, 3.05) is 0 Å². The summed E-state index contributed by atoms with van der Waals surface area (Å²) in [5.41, 5.74) is -1.44. The lowest BCUT2D eigenvalue weighted by Crippen LogP contribution is -2.66. The average molecular weight is 449 g/mol. The molecule has 2 N–H and O–H groups in total. The highest BCUT2D eigenvalue weighted by Gasteiger charge is 2.64. The fourth-order valence-electron chi connectivity index (χ4n) is 5.97. The molecule has 7 atom stereocenters. The Hall–Kier alpha value is -2.03. The van der Waals surface area contributed by atoms with Crippen molar-refractivity contribution in [2.45, 2.75) is 83.9 Å². The molecule has 176 valence electrons. The van der Waals surface area contributed by atoms with Crippen molar-refractivity contribution >= 4 is 17.7 Å². The Morgan fingerprint density at radius 1 is 1.12 bits per heavy atom. The Kier molecular flexibility index (Phi) is 5.23. The first kappa shape index (κ1) is 23.1. The average Bonchev–Trinajstić information content (AvgIpc) is 3.19. The van der Waals surface area contributed by atoms with Crippen LogP contribution in [0.4, 0.5) is 0 Å². The third-order valence-corrected chi connectivity index (χ3v) is 7.96. The van der Waals surface area contributed by atoms with Gasteiger partial charge in [0.2, 0.25) is 0 Å². The van der Waals surface area contributed by atoms with Crippen LogP contribution in [-0.4, -0.2) is 51.0 Å². The Morgan fingerprint density at radius 3 is 2.41 bits per heavy atom. The van der Waals surface area contributed by atoms with Gasteiger partial charge in [0, 0.05) is 5.92 Å². The highest BCUT2D eigenvalue weighted by molar-refractivity contribution is 6.37. The van der Waals surface area contributed by atoms with E-state index < -0.39 is 64.5 Å². The quantitative estimate of drug-likeness (QED) is 0.356. The first-order valence-electron chi connectivity index (χ1n) is 11.2. The van der Waals surface area contributed by atoms with E-state index in [1.807, 2.05) is 19.9 Å². The van der Waals surface area contributed by atoms with E-state index in [0.717, 1.165) is 11.1 Å². The standard InChI is InChI=1S/C24H32O8/c1-11(2)24(29)14-8-7-12(3)18-15-16(23(6,28)31-18)20(26)30-17(15)13(4)9-10-22(14,5)32-21(27)19(24)25/h7,11,14-16,18,28-29H,8-10H2,1-6H3/b12-7-,17-13+/t14-,15-,16+,18+,22-,23+,24-/m0/s1. The molecule has 3 aliphatic heterocycles. The highest BCUT2D eigenvalue weighted by Crippen LogP contribution is 2.53. The van der Waals surface area contributed by atoms with Crippen LogP contribution >= 0.6 is 0 Å². The number of ketones is 1. The largest absolute Gasteiger partial charge is 0.453 e. The molecule has 0 saturated carbocycles. The van der Waals surface area contributed by atoms with E-state index in [4.69, 9.17) is 14.2 Å². The molecule has 0 aromatic heterocycles. The molecule has 3 saturated heterocycles. The number of rotatable bonds is 1. The van der Waals surface area contributed by atoms with Crippen molar-refractivity contribution in [3.8, 4) is 0 Å². The highest BCUT2D eigenvalue weighted by atomic mass is 16.7. The first-order chi connectivity index (χ1) is 14.7. The fourth-order valence-corrected chi connectivity index (χ4v) is 5.97. The smallest absolute Gasteiger partial charge is 0.378 e. The minimum absolute atomic E-state index is 0.263. The van der Waals surface area contributed by atoms with Gasteiger partial charge in [-0.1, -0.05) is 19.9 Å². The molecular formula is C24H32O8. The summed E-state index contributed by atoms with van der Waals surface area (Å²) < 4.78 is 17.2. The molecule has 4 rings (SSSR count). The first-order valence-corrected chi connectivity index (χ1v) is 11.2. The molecule has 4 aliphatic rings. The maximum absolute atomic E-state index is 12.8. The molecule has 0 amide bonds. The number of aliphatic hydroxyl groups is 2. The number of carbonyl (C=O) groups is 3. The monoisotopic (exact) mass is 448 g/mol. The van der Waals surface area contributed by atoms with Crippen molar-refractivity contribution in [1.82, 2.24) is 0 Å². The second kappa shape index (κ2) is 7.23. The van der Waals surface area contributed by atoms with Crippen molar-refractivity contribution in [2.24, 2.45) is 23.7 Å². The van der Waals surface area contributed by atoms with Gasteiger partial charge < -0.3 is 24.4 Å². The van der Waals surface area contributed by atoms with E-state index in [9.17, 15) is 24.6 Å². The van der Waals surface area contributed by atoms with Gasteiger partial charge in [0.1, 0.15) is 22.9 Å². The van der Waals surface area contributed by atoms with Crippen molar-refractivity contribution in [1.29, 1.82) is 0 Å². The van der Waals surface area contributed by atoms with Crippen molar-refractivity contribution in [3.63, 3.8) is 0 Å². The summed E-state index contributed by atoms with van der Waals surface area (Å²) in [6.45, 7) is 10.3. The van der Waals surface area contributed by atoms with Gasteiger partial charge in [0.15, 0.2) is 5.79 Å². The lowest BCUT2D eigenvalue weighted by atomic mass is 9.63. The predicted molar refractivity (Wildman–Crippen MR) is 112 cm³/mol. The third kappa shape index (κ3) is 3.10. The van der Waals surface area contributed by atoms with Crippen LogP contribution in [0.3, 0.4) is 0 Å². The number of esters is 2. The molecule has 0 radical (unpaired) electrons. The number of hydrogen-bond acceptors (Lipinski definition) is 8. The summed E-state index contributed by atoms with van der Waals surface area (Å²) in [5, 5.41) is 22.3. The van der Waals surface area contributed by atoms with Crippen LogP contribution in [-0.2, 0) is 28.6 Å². The molecule has 32 heavy (non-hydrogen) atoms. The van der Waals surface area contributed by atoms with Gasteiger partial charge in [0.05, 0.1) is 12.0 Å². The van der Waals surface area contributed by atoms with Crippen molar-refractivity contribution < 1.29 is 38.8 Å². The van der Waals surface area contributed by atoms with E-state index in [2.05, 4.69) is 0 Å². The lowest BCUT2D eigenvalue weighted by molar-refractivity contribution is -0.214. The molecular weight excluding hydrogens is 416 g/mol. The molecule has 8 heteroatoms. The van der Waals surface area contributed by atoms with E-state index >= 15 is 0 Å². The summed E-state index contributed by atoms with van der Waals surface area (Å²) in [6, 6.07) is 0. The van der Waals surface area contributed by atoms with Gasteiger partial charge in [0.25, 0.3) is 5.78 Å². The van der Waals surface area contributed by atoms with Crippen LogP contribution in [0.25, 0.3) is 0 Å². The second-order valence-corrected chi connectivity index (χ2v) is 10.4. The van der Waals surface area contributed by atoms with Crippen molar-refractivity contribution in [3.05, 3.63) is 23.0 Å². The molecule has 0 spiro atoms. The molecule has 0 aromatic carbocycles. The Balaban J connectivity index is 1.85. The molecule has 0 unspecified atom stereocenters. The van der Waals surface area contributed by atoms with Crippen LogP contribution in [0.5, 0.6) is 0 Å². The molecule has 8 nitrogen and oxygen atoms in total. The maximum atomic E-state index is 12.8. The fraction of sp³-hybridized carbons (Fsp3) is 0.708. The van der Waals surface area contributed by atoms with Gasteiger partial charge in [-0.25, -0.2) is 4.79 Å². The Bertz CT molecular complexity index is 944. The van der Waals surface area contributed by atoms with E-state index in [-0.39, 0.29) is 6.42 Å². The zero-order chi connectivity index (χ0) is 23.8. The lowest BCUT2D eigenvalue weighted by Gasteiger charge is -2.50. The van der Waals surface area contributed by atoms with E-state index in [1.54, 1.807) is 20.8 Å². The summed E-state index contributed by atoms with van der Waals surface area (Å²) >= 11 is 0. The third-order valence-electron chi connectivity index (χ3n) is 7.96. The molecule has 1 aliphatic carbocycles. The summed E-state index contributed by atoms with van der Waals surface area (Å²) in [4.78, 5) is 37.9. The van der Waals surface area contributed by atoms with Crippen LogP contribution < -0.4 is 0 Å². The normalized spacial score (nSPS) is 48.4. The molecule has 3 fully saturated rings. The minimum Gasteiger partial charge on any atom is -0.453 e. The number of hydrogen-bond donors (Lipinski definition) is 2. The minimum atomic E-state index is -1.87. The van der Waals surface area contributed by atoms with Gasteiger partial charge in [-0.2, -0.15) is 0 Å². The molecule has 0 bridgehead atoms. The van der Waals surface area contributed by atoms with Gasteiger partial charge >= 0.3 is 11.9 Å². The number of Topliss-reactive ketones (excluding diaryl/α,β-unsaturated/α-hetero) is 1. The SMILES string of the molecule is C/C1=C/C[C@H]2[C@](C)(CC/C(C)=C3/OC(=O)[C@H]4[C@@H]3[C@@H]1O[C@@]4(C)O)OC(=O)C(=O)[C@]2(O)C(C)C. The van der Waals surface area contributed by atoms with Gasteiger partial charge in [-0.05, 0) is 64.0 Å². The van der Waals surface area contributed by atoms with Crippen LogP contribution in [0.15, 0.2) is 23.0 Å². The Morgan fingerprint density at radius 2 is 1.78 bits per heavy atom. The summed E-state index contributed by atoms with van der Waals surface area (Å²) in [5.74, 6) is -6.13. The molecule has 0 aromatic rings. The topological polar surface area (TPSA) is 119 Å². The zero-order valence-corrected chi connectivity index (χ0v) is 19.4. The van der Waals surface area contributed by atoms with E-state index in [0.29, 0.717) is 18.6 Å². The molecule has 3 heterocycles. The number of ether oxygens (including phenoxy) is 3. The summed E-state index contributed by atoms with van der Waals surface area (Å²) in [7, 11) is 0. The Labute approximate surface area is 187 Å². The maximum Gasteiger partial charge on any atom is 0.378 e. The van der Waals surface area contributed by atoms with Gasteiger partial charge in [-0.15, -0.1) is 0 Å². The van der Waals surface area contributed by atoms with E-state index in [1.165, 1.54) is 6.92 Å². The van der Waals surface area contributed by atoms with Crippen LogP contribution in [0.1, 0.15) is 60.8 Å². The zero-order valence-electron chi connectivity index (χ0n) is 19.4. The van der Waals surface area contributed by atoms with Gasteiger partial charge in [-0.3, -0.25) is 9.59 Å². The number of carbonyl (C=O) groups excluding carboxylic acids is 3. The second-order valence-electron chi connectivity index (χ2n) is 10.4. The number of fused-ring (bicyclic) bond motifs is 1. The number of allylic oxidation sites excluding steroid dienone is 2. The van der Waals surface area contributed by atoms with Crippen LogP contribution in [0.2, 0.25) is 0 Å². The predicted octanol–water partition coefficient (Wildman–Crippen LogP) is 2.17. The van der Waals surface area contributed by atoms with Crippen LogP contribution in [0, 0.1) is 23.7 Å².